The minimum absolute atomic E-state index is 0.0204. The van der Waals surface area contributed by atoms with Crippen LogP contribution < -0.4 is 10.1 Å². The van der Waals surface area contributed by atoms with E-state index in [0.29, 0.717) is 0 Å². The van der Waals surface area contributed by atoms with Crippen LogP contribution in [0.5, 0.6) is 5.75 Å². The molecule has 198 valence electrons. The number of carbonyl (C=O) groups is 1. The van der Waals surface area contributed by atoms with Crippen LogP contribution in [0.15, 0.2) is 60.6 Å². The lowest BCUT2D eigenvalue weighted by atomic mass is 10.1. The number of nitrogens with zero attached hydrogens (tertiary/aromatic N) is 2. The number of ether oxygens (including phenoxy) is 1. The number of alkyl halides is 3. The SMILES string of the molecule is COc1cc(C=C(C)CCN[C@@H]2c3ccccc3C[C@@H]2O)ccc1-n1cnc(C)c1.O=C(O)C(F)(F)F. The van der Waals surface area contributed by atoms with E-state index in [1.807, 2.05) is 29.8 Å². The number of benzene rings is 2. The van der Waals surface area contributed by atoms with Gasteiger partial charge in [0, 0.05) is 12.6 Å². The number of aliphatic hydroxyl groups is 1. The number of rotatable bonds is 7. The average molecular weight is 518 g/mol. The number of aliphatic carboxylic acids is 1. The number of hydrogen-bond acceptors (Lipinski definition) is 5. The standard InChI is InChI=1S/C25H29N3O2.C2HF3O2/c1-17(10-11-26-25-21-7-5-4-6-20(21)14-23(25)29)12-19-8-9-22(24(13-19)30-3)28-15-18(2)27-16-28;3-2(4,5)1(6)7/h4-9,12-13,15-16,23,25-26,29H,10-11,14H2,1-3H3;(H,6,7)/t23-,25+;/m0./s1. The van der Waals surface area contributed by atoms with Gasteiger partial charge in [0.2, 0.25) is 0 Å². The molecule has 2 aromatic carbocycles. The van der Waals surface area contributed by atoms with Crippen molar-refractivity contribution in [2.24, 2.45) is 0 Å². The molecule has 0 bridgehead atoms. The Labute approximate surface area is 213 Å². The van der Waals surface area contributed by atoms with Crippen LogP contribution in [0.3, 0.4) is 0 Å². The molecule has 0 aliphatic heterocycles. The number of fused-ring (bicyclic) bond motifs is 1. The zero-order valence-electron chi connectivity index (χ0n) is 20.8. The molecule has 1 aliphatic rings. The van der Waals surface area contributed by atoms with Gasteiger partial charge in [-0.05, 0) is 55.6 Å². The molecule has 3 N–H and O–H groups in total. The summed E-state index contributed by atoms with van der Waals surface area (Å²) >= 11 is 0. The van der Waals surface area contributed by atoms with E-state index in [1.54, 1.807) is 13.4 Å². The van der Waals surface area contributed by atoms with E-state index in [-0.39, 0.29) is 12.1 Å². The number of hydrogen-bond donors (Lipinski definition) is 3. The molecular formula is C27H30F3N3O4. The Hall–Kier alpha value is -3.63. The van der Waals surface area contributed by atoms with Crippen LogP contribution in [0.2, 0.25) is 0 Å². The van der Waals surface area contributed by atoms with Gasteiger partial charge in [0.15, 0.2) is 0 Å². The van der Waals surface area contributed by atoms with E-state index in [2.05, 4.69) is 53.6 Å². The summed E-state index contributed by atoms with van der Waals surface area (Å²) in [5.74, 6) is -1.94. The predicted molar refractivity (Wildman–Crippen MR) is 134 cm³/mol. The van der Waals surface area contributed by atoms with Gasteiger partial charge in [0.25, 0.3) is 0 Å². The topological polar surface area (TPSA) is 96.6 Å². The van der Waals surface area contributed by atoms with Crippen LogP contribution >= 0.6 is 0 Å². The van der Waals surface area contributed by atoms with Crippen molar-refractivity contribution in [2.75, 3.05) is 13.7 Å². The number of imidazole rings is 1. The molecule has 2 atom stereocenters. The monoisotopic (exact) mass is 517 g/mol. The molecule has 0 spiro atoms. The van der Waals surface area contributed by atoms with Crippen molar-refractivity contribution in [3.8, 4) is 11.4 Å². The highest BCUT2D eigenvalue weighted by molar-refractivity contribution is 5.73. The van der Waals surface area contributed by atoms with E-state index in [0.717, 1.165) is 42.1 Å². The van der Waals surface area contributed by atoms with Crippen molar-refractivity contribution in [3.63, 3.8) is 0 Å². The summed E-state index contributed by atoms with van der Waals surface area (Å²) in [4.78, 5) is 13.2. The molecule has 3 aromatic rings. The average Bonchev–Trinajstić information content (AvgIpc) is 3.41. The Morgan fingerprint density at radius 2 is 1.97 bits per heavy atom. The predicted octanol–water partition coefficient (Wildman–Crippen LogP) is 4.86. The second-order valence-corrected chi connectivity index (χ2v) is 8.80. The summed E-state index contributed by atoms with van der Waals surface area (Å²) in [6.07, 6.45) is 2.18. The van der Waals surface area contributed by atoms with Crippen LogP contribution in [0.4, 0.5) is 13.2 Å². The molecule has 0 saturated carbocycles. The Balaban J connectivity index is 0.000000479. The number of carboxylic acid groups (broad SMARTS) is 1. The molecule has 0 radical (unpaired) electrons. The fourth-order valence-corrected chi connectivity index (χ4v) is 4.15. The first-order chi connectivity index (χ1) is 17.5. The van der Waals surface area contributed by atoms with E-state index < -0.39 is 12.1 Å². The maximum Gasteiger partial charge on any atom is 0.490 e. The van der Waals surface area contributed by atoms with Crippen molar-refractivity contribution < 1.29 is 32.9 Å². The normalized spacial score (nSPS) is 17.1. The van der Waals surface area contributed by atoms with Gasteiger partial charge in [0.1, 0.15) is 5.75 Å². The number of aliphatic hydroxyl groups excluding tert-OH is 1. The van der Waals surface area contributed by atoms with Gasteiger partial charge < -0.3 is 24.8 Å². The Morgan fingerprint density at radius 3 is 2.59 bits per heavy atom. The summed E-state index contributed by atoms with van der Waals surface area (Å²) < 4.78 is 39.3. The molecule has 0 unspecified atom stereocenters. The summed E-state index contributed by atoms with van der Waals surface area (Å²) in [6.45, 7) is 4.93. The fourth-order valence-electron chi connectivity index (χ4n) is 4.15. The third kappa shape index (κ3) is 7.43. The first kappa shape index (κ1) is 27.9. The molecule has 0 fully saturated rings. The highest BCUT2D eigenvalue weighted by Gasteiger charge is 2.38. The van der Waals surface area contributed by atoms with E-state index >= 15 is 0 Å². The summed E-state index contributed by atoms with van der Waals surface area (Å²) in [5, 5.41) is 21.1. The molecule has 1 aliphatic carbocycles. The van der Waals surface area contributed by atoms with Crippen molar-refractivity contribution in [1.82, 2.24) is 14.9 Å². The van der Waals surface area contributed by atoms with Crippen molar-refractivity contribution in [1.29, 1.82) is 0 Å². The zero-order chi connectivity index (χ0) is 27.2. The van der Waals surface area contributed by atoms with Crippen molar-refractivity contribution in [2.45, 2.75) is 45.0 Å². The highest BCUT2D eigenvalue weighted by Crippen LogP contribution is 2.31. The molecule has 37 heavy (non-hydrogen) atoms. The minimum Gasteiger partial charge on any atom is -0.495 e. The number of methoxy groups -OCH3 is 1. The Bertz CT molecular complexity index is 1250. The summed E-state index contributed by atoms with van der Waals surface area (Å²) in [6, 6.07) is 14.5. The number of nitrogens with one attached hydrogen (secondary N) is 1. The van der Waals surface area contributed by atoms with Gasteiger partial charge in [-0.3, -0.25) is 0 Å². The van der Waals surface area contributed by atoms with Crippen LogP contribution in [0, 0.1) is 6.92 Å². The lowest BCUT2D eigenvalue weighted by Gasteiger charge is -2.18. The summed E-state index contributed by atoms with van der Waals surface area (Å²) in [7, 11) is 1.69. The molecule has 7 nitrogen and oxygen atoms in total. The zero-order valence-corrected chi connectivity index (χ0v) is 20.8. The fraction of sp³-hybridized carbons (Fsp3) is 0.333. The number of halogens is 3. The largest absolute Gasteiger partial charge is 0.495 e. The molecule has 10 heteroatoms. The highest BCUT2D eigenvalue weighted by atomic mass is 19.4. The van der Waals surface area contributed by atoms with E-state index in [9.17, 15) is 18.3 Å². The lowest BCUT2D eigenvalue weighted by Crippen LogP contribution is -2.29. The minimum atomic E-state index is -5.08. The van der Waals surface area contributed by atoms with Gasteiger partial charge in [-0.15, -0.1) is 0 Å². The van der Waals surface area contributed by atoms with Crippen molar-refractivity contribution >= 4 is 12.0 Å². The second-order valence-electron chi connectivity index (χ2n) is 8.80. The number of aryl methyl sites for hydroxylation is 1. The van der Waals surface area contributed by atoms with E-state index in [4.69, 9.17) is 14.6 Å². The van der Waals surface area contributed by atoms with Crippen LogP contribution in [-0.4, -0.2) is 51.7 Å². The molecular weight excluding hydrogens is 487 g/mol. The third-order valence-electron chi connectivity index (χ3n) is 5.94. The number of aromatic nitrogens is 2. The van der Waals surface area contributed by atoms with Crippen LogP contribution in [0.25, 0.3) is 11.8 Å². The maximum absolute atomic E-state index is 10.6. The summed E-state index contributed by atoms with van der Waals surface area (Å²) in [5.41, 5.74) is 6.80. The second kappa shape index (κ2) is 12.1. The molecule has 1 heterocycles. The van der Waals surface area contributed by atoms with Gasteiger partial charge in [-0.2, -0.15) is 13.2 Å². The van der Waals surface area contributed by atoms with Gasteiger partial charge in [-0.25, -0.2) is 9.78 Å². The molecule has 4 rings (SSSR count). The Morgan fingerprint density at radius 1 is 1.27 bits per heavy atom. The van der Waals surface area contributed by atoms with Crippen LogP contribution in [0.1, 0.15) is 41.8 Å². The molecule has 1 aromatic heterocycles. The quantitative estimate of drug-likeness (QED) is 0.414. The first-order valence-corrected chi connectivity index (χ1v) is 11.6. The van der Waals surface area contributed by atoms with Crippen molar-refractivity contribution in [3.05, 3.63) is 82.9 Å². The van der Waals surface area contributed by atoms with E-state index in [1.165, 1.54) is 16.7 Å². The maximum atomic E-state index is 10.6. The van der Waals surface area contributed by atoms with Gasteiger partial charge in [-0.1, -0.05) is 42.0 Å². The molecule has 0 amide bonds. The van der Waals surface area contributed by atoms with Crippen LogP contribution in [-0.2, 0) is 11.2 Å². The van der Waals surface area contributed by atoms with Gasteiger partial charge in [0.05, 0.1) is 37.0 Å². The third-order valence-corrected chi connectivity index (χ3v) is 5.94. The number of carboxylic acids is 1. The molecule has 0 saturated heterocycles. The first-order valence-electron chi connectivity index (χ1n) is 11.6. The van der Waals surface area contributed by atoms with Gasteiger partial charge >= 0.3 is 12.1 Å². The Kier molecular flexibility index (Phi) is 9.12. The lowest BCUT2D eigenvalue weighted by molar-refractivity contribution is -0.192. The smallest absolute Gasteiger partial charge is 0.490 e.